The molecular formula is C17H19NO. The minimum Gasteiger partial charge on any atom is -0.396 e. The van der Waals surface area contributed by atoms with Crippen LogP contribution in [0.4, 0.5) is 0 Å². The van der Waals surface area contributed by atoms with Crippen LogP contribution < -0.4 is 5.32 Å². The quantitative estimate of drug-likeness (QED) is 0.881. The number of fused-ring (bicyclic) bond motifs is 1. The highest BCUT2D eigenvalue weighted by atomic mass is 16.2. The summed E-state index contributed by atoms with van der Waals surface area (Å²) >= 11 is 0. The van der Waals surface area contributed by atoms with Gasteiger partial charge in [0.05, 0.1) is 0 Å². The van der Waals surface area contributed by atoms with Crippen LogP contribution in [0, 0.1) is 0 Å². The van der Waals surface area contributed by atoms with Gasteiger partial charge >= 0.3 is 0 Å². The molecule has 0 bridgehead atoms. The molecule has 2 heteroatoms. The molecule has 0 saturated carbocycles. The zero-order valence-corrected chi connectivity index (χ0v) is 11.0. The Morgan fingerprint density at radius 3 is 2.68 bits per heavy atom. The summed E-state index contributed by atoms with van der Waals surface area (Å²) in [5.74, 6) is 0. The molecule has 0 fully saturated rings. The van der Waals surface area contributed by atoms with E-state index < -0.39 is 0 Å². The van der Waals surface area contributed by atoms with E-state index in [-0.39, 0.29) is 6.61 Å². The molecule has 2 aromatic rings. The molecule has 3 rings (SSSR count). The molecule has 0 atom stereocenters. The Morgan fingerprint density at radius 2 is 1.89 bits per heavy atom. The van der Waals surface area contributed by atoms with Crippen LogP contribution in [-0.4, -0.2) is 18.3 Å². The highest BCUT2D eigenvalue weighted by molar-refractivity contribution is 5.69. The summed E-state index contributed by atoms with van der Waals surface area (Å²) in [5.41, 5.74) is 6.73. The van der Waals surface area contributed by atoms with Crippen LogP contribution in [0.2, 0.25) is 0 Å². The summed E-state index contributed by atoms with van der Waals surface area (Å²) in [6.45, 7) is 2.25. The van der Waals surface area contributed by atoms with Gasteiger partial charge in [-0.05, 0) is 47.2 Å². The predicted molar refractivity (Wildman–Crippen MR) is 78.1 cm³/mol. The SMILES string of the molecule is OCCc1ccc(-c2cccc3c2CCNC3)cc1. The lowest BCUT2D eigenvalue weighted by atomic mass is 9.91. The van der Waals surface area contributed by atoms with E-state index in [4.69, 9.17) is 5.11 Å². The largest absolute Gasteiger partial charge is 0.396 e. The molecule has 0 aromatic heterocycles. The van der Waals surface area contributed by atoms with Crippen molar-refractivity contribution >= 4 is 0 Å². The monoisotopic (exact) mass is 253 g/mol. The van der Waals surface area contributed by atoms with Gasteiger partial charge in [-0.15, -0.1) is 0 Å². The molecule has 98 valence electrons. The van der Waals surface area contributed by atoms with Gasteiger partial charge in [0, 0.05) is 13.2 Å². The van der Waals surface area contributed by atoms with E-state index in [1.165, 1.54) is 27.8 Å². The predicted octanol–water partition coefficient (Wildman–Crippen LogP) is 2.53. The second kappa shape index (κ2) is 5.55. The van der Waals surface area contributed by atoms with E-state index in [1.807, 2.05) is 0 Å². The van der Waals surface area contributed by atoms with Gasteiger partial charge < -0.3 is 10.4 Å². The molecule has 2 N–H and O–H groups in total. The van der Waals surface area contributed by atoms with Crippen LogP contribution in [0.15, 0.2) is 42.5 Å². The topological polar surface area (TPSA) is 32.3 Å². The van der Waals surface area contributed by atoms with Crippen molar-refractivity contribution in [2.24, 2.45) is 0 Å². The molecule has 2 nitrogen and oxygen atoms in total. The maximum atomic E-state index is 8.96. The normalized spacial score (nSPS) is 14.2. The number of rotatable bonds is 3. The Hall–Kier alpha value is -1.64. The van der Waals surface area contributed by atoms with Gasteiger partial charge in [0.25, 0.3) is 0 Å². The van der Waals surface area contributed by atoms with Gasteiger partial charge in [0.1, 0.15) is 0 Å². The van der Waals surface area contributed by atoms with Crippen molar-refractivity contribution in [2.45, 2.75) is 19.4 Å². The lowest BCUT2D eigenvalue weighted by Gasteiger charge is -2.20. The third-order valence-corrected chi connectivity index (χ3v) is 3.81. The van der Waals surface area contributed by atoms with E-state index in [1.54, 1.807) is 0 Å². The number of nitrogens with one attached hydrogen (secondary N) is 1. The summed E-state index contributed by atoms with van der Waals surface area (Å²) in [5, 5.41) is 12.4. The molecule has 0 saturated heterocycles. The molecule has 1 aliphatic rings. The van der Waals surface area contributed by atoms with Gasteiger partial charge in [-0.1, -0.05) is 42.5 Å². The molecule has 0 unspecified atom stereocenters. The molecule has 0 amide bonds. The average molecular weight is 253 g/mol. The maximum Gasteiger partial charge on any atom is 0.0471 e. The Kier molecular flexibility index (Phi) is 3.62. The zero-order valence-electron chi connectivity index (χ0n) is 11.0. The van der Waals surface area contributed by atoms with E-state index in [0.29, 0.717) is 0 Å². The highest BCUT2D eigenvalue weighted by Gasteiger charge is 2.13. The van der Waals surface area contributed by atoms with Gasteiger partial charge in [-0.3, -0.25) is 0 Å². The van der Waals surface area contributed by atoms with Crippen LogP contribution in [0.25, 0.3) is 11.1 Å². The van der Waals surface area contributed by atoms with Gasteiger partial charge in [0.15, 0.2) is 0 Å². The second-order valence-corrected chi connectivity index (χ2v) is 5.04. The van der Waals surface area contributed by atoms with Crippen molar-refractivity contribution in [1.82, 2.24) is 5.32 Å². The molecule has 1 aliphatic heterocycles. The smallest absolute Gasteiger partial charge is 0.0471 e. The average Bonchev–Trinajstić information content (AvgIpc) is 2.48. The van der Waals surface area contributed by atoms with Gasteiger partial charge in [0.2, 0.25) is 0 Å². The standard InChI is InChI=1S/C17H19NO/c19-11-9-13-4-6-14(7-5-13)16-3-1-2-15-12-18-10-8-17(15)16/h1-7,18-19H,8-12H2. The van der Waals surface area contributed by atoms with Crippen LogP contribution in [-0.2, 0) is 19.4 Å². The van der Waals surface area contributed by atoms with E-state index in [2.05, 4.69) is 47.8 Å². The van der Waals surface area contributed by atoms with Crippen molar-refractivity contribution in [2.75, 3.05) is 13.2 Å². The Balaban J connectivity index is 1.97. The third kappa shape index (κ3) is 2.55. The first-order valence-electron chi connectivity index (χ1n) is 6.90. The lowest BCUT2D eigenvalue weighted by Crippen LogP contribution is -2.23. The van der Waals surface area contributed by atoms with E-state index in [0.717, 1.165) is 25.9 Å². The second-order valence-electron chi connectivity index (χ2n) is 5.04. The minimum atomic E-state index is 0.214. The molecule has 0 spiro atoms. The molecule has 2 aromatic carbocycles. The van der Waals surface area contributed by atoms with Crippen molar-refractivity contribution in [3.8, 4) is 11.1 Å². The van der Waals surface area contributed by atoms with Crippen molar-refractivity contribution < 1.29 is 5.11 Å². The Bertz CT molecular complexity index is 560. The summed E-state index contributed by atoms with van der Waals surface area (Å²) in [7, 11) is 0. The summed E-state index contributed by atoms with van der Waals surface area (Å²) in [4.78, 5) is 0. The fourth-order valence-corrected chi connectivity index (χ4v) is 2.78. The molecular weight excluding hydrogens is 234 g/mol. The van der Waals surface area contributed by atoms with Gasteiger partial charge in [-0.25, -0.2) is 0 Å². The lowest BCUT2D eigenvalue weighted by molar-refractivity contribution is 0.299. The third-order valence-electron chi connectivity index (χ3n) is 3.81. The Labute approximate surface area is 114 Å². The van der Waals surface area contributed by atoms with Crippen LogP contribution in [0.3, 0.4) is 0 Å². The van der Waals surface area contributed by atoms with E-state index >= 15 is 0 Å². The van der Waals surface area contributed by atoms with Crippen LogP contribution in [0.1, 0.15) is 16.7 Å². The Morgan fingerprint density at radius 1 is 1.05 bits per heavy atom. The highest BCUT2D eigenvalue weighted by Crippen LogP contribution is 2.28. The molecule has 0 radical (unpaired) electrons. The van der Waals surface area contributed by atoms with Crippen molar-refractivity contribution in [1.29, 1.82) is 0 Å². The van der Waals surface area contributed by atoms with Crippen molar-refractivity contribution in [3.63, 3.8) is 0 Å². The maximum absolute atomic E-state index is 8.96. The first-order valence-corrected chi connectivity index (χ1v) is 6.90. The molecule has 1 heterocycles. The first-order chi connectivity index (χ1) is 9.38. The number of benzene rings is 2. The fourth-order valence-electron chi connectivity index (χ4n) is 2.78. The van der Waals surface area contributed by atoms with Gasteiger partial charge in [-0.2, -0.15) is 0 Å². The van der Waals surface area contributed by atoms with Crippen LogP contribution >= 0.6 is 0 Å². The molecule has 0 aliphatic carbocycles. The minimum absolute atomic E-state index is 0.214. The van der Waals surface area contributed by atoms with Crippen molar-refractivity contribution in [3.05, 3.63) is 59.2 Å². The first kappa shape index (κ1) is 12.4. The van der Waals surface area contributed by atoms with E-state index in [9.17, 15) is 0 Å². The number of hydrogen-bond donors (Lipinski definition) is 2. The number of aliphatic hydroxyl groups is 1. The fraction of sp³-hybridized carbons (Fsp3) is 0.294. The zero-order chi connectivity index (χ0) is 13.1. The summed E-state index contributed by atoms with van der Waals surface area (Å²) < 4.78 is 0. The number of aliphatic hydroxyl groups excluding tert-OH is 1. The molecule has 19 heavy (non-hydrogen) atoms. The summed E-state index contributed by atoms with van der Waals surface area (Å²) in [6.07, 6.45) is 1.83. The van der Waals surface area contributed by atoms with Crippen LogP contribution in [0.5, 0.6) is 0 Å². The summed E-state index contributed by atoms with van der Waals surface area (Å²) in [6, 6.07) is 15.1. The number of hydrogen-bond acceptors (Lipinski definition) is 2.